The fraction of sp³-hybridized carbons (Fsp3) is 0.533. The lowest BCUT2D eigenvalue weighted by Gasteiger charge is -2.20. The molecule has 0 bridgehead atoms. The molecule has 1 N–H and O–H groups in total. The minimum atomic E-state index is 0.630. The van der Waals surface area contributed by atoms with Crippen molar-refractivity contribution in [2.24, 2.45) is 0 Å². The van der Waals surface area contributed by atoms with Gasteiger partial charge in [0.15, 0.2) is 5.13 Å². The molecule has 0 aliphatic heterocycles. The Hall–Kier alpha value is -1.09. The van der Waals surface area contributed by atoms with E-state index in [2.05, 4.69) is 34.6 Å². The van der Waals surface area contributed by atoms with Crippen molar-refractivity contribution in [2.75, 3.05) is 5.32 Å². The molecule has 2 nitrogen and oxygen atoms in total. The van der Waals surface area contributed by atoms with Crippen LogP contribution in [0.3, 0.4) is 0 Å². The van der Waals surface area contributed by atoms with Gasteiger partial charge in [-0.1, -0.05) is 55.6 Å². The second-order valence-electron chi connectivity index (χ2n) is 5.17. The molecule has 0 radical (unpaired) electrons. The summed E-state index contributed by atoms with van der Waals surface area (Å²) in [5.41, 5.74) is 1.12. The van der Waals surface area contributed by atoms with E-state index in [1.807, 2.05) is 0 Å². The molecule has 1 heterocycles. The molecule has 1 fully saturated rings. The van der Waals surface area contributed by atoms with Crippen LogP contribution in [0.15, 0.2) is 24.3 Å². The lowest BCUT2D eigenvalue weighted by atomic mass is 9.97. The lowest BCUT2D eigenvalue weighted by Crippen LogP contribution is -2.20. The summed E-state index contributed by atoms with van der Waals surface area (Å²) in [6.45, 7) is 0. The third kappa shape index (κ3) is 2.83. The third-order valence-corrected chi connectivity index (χ3v) is 4.69. The summed E-state index contributed by atoms with van der Waals surface area (Å²) >= 11 is 1.78. The Morgan fingerprint density at radius 1 is 1.00 bits per heavy atom. The fourth-order valence-electron chi connectivity index (χ4n) is 2.71. The maximum absolute atomic E-state index is 4.67. The first kappa shape index (κ1) is 12.0. The van der Waals surface area contributed by atoms with E-state index in [1.54, 1.807) is 11.3 Å². The molecular weight excluding hydrogens is 240 g/mol. The van der Waals surface area contributed by atoms with Crippen LogP contribution in [0.1, 0.15) is 44.9 Å². The highest BCUT2D eigenvalue weighted by Gasteiger charge is 2.13. The molecule has 0 spiro atoms. The molecule has 1 aromatic carbocycles. The Morgan fingerprint density at radius 3 is 2.50 bits per heavy atom. The zero-order valence-corrected chi connectivity index (χ0v) is 11.5. The van der Waals surface area contributed by atoms with E-state index in [-0.39, 0.29) is 0 Å². The smallest absolute Gasteiger partial charge is 0.184 e. The van der Waals surface area contributed by atoms with E-state index >= 15 is 0 Å². The Labute approximate surface area is 112 Å². The quantitative estimate of drug-likeness (QED) is 0.837. The third-order valence-electron chi connectivity index (χ3n) is 3.73. The lowest BCUT2D eigenvalue weighted by molar-refractivity contribution is 0.471. The van der Waals surface area contributed by atoms with Gasteiger partial charge in [-0.3, -0.25) is 0 Å². The summed E-state index contributed by atoms with van der Waals surface area (Å²) in [6.07, 6.45) is 9.56. The molecule has 0 unspecified atom stereocenters. The minimum absolute atomic E-state index is 0.630. The van der Waals surface area contributed by atoms with E-state index in [1.165, 1.54) is 49.6 Å². The monoisotopic (exact) mass is 260 g/mol. The zero-order valence-electron chi connectivity index (χ0n) is 10.7. The van der Waals surface area contributed by atoms with Gasteiger partial charge in [-0.25, -0.2) is 4.98 Å². The Balaban J connectivity index is 1.70. The minimum Gasteiger partial charge on any atom is -0.359 e. The molecule has 18 heavy (non-hydrogen) atoms. The molecule has 2 aromatic rings. The number of anilines is 1. The van der Waals surface area contributed by atoms with Crippen molar-refractivity contribution in [3.8, 4) is 0 Å². The highest BCUT2D eigenvalue weighted by atomic mass is 32.1. The van der Waals surface area contributed by atoms with Crippen LogP contribution in [-0.4, -0.2) is 11.0 Å². The molecule has 96 valence electrons. The first-order valence-corrected chi connectivity index (χ1v) is 7.85. The summed E-state index contributed by atoms with van der Waals surface area (Å²) < 4.78 is 1.28. The van der Waals surface area contributed by atoms with Crippen molar-refractivity contribution in [1.82, 2.24) is 4.98 Å². The van der Waals surface area contributed by atoms with E-state index in [0.717, 1.165) is 10.6 Å². The second kappa shape index (κ2) is 5.70. The molecule has 1 aliphatic carbocycles. The molecule has 1 saturated carbocycles. The number of thiazole rings is 1. The normalized spacial score (nSPS) is 18.4. The number of fused-ring (bicyclic) bond motifs is 1. The predicted octanol–water partition coefficient (Wildman–Crippen LogP) is 4.82. The highest BCUT2D eigenvalue weighted by molar-refractivity contribution is 7.22. The van der Waals surface area contributed by atoms with Crippen molar-refractivity contribution in [3.63, 3.8) is 0 Å². The van der Waals surface area contributed by atoms with Gasteiger partial charge in [-0.15, -0.1) is 0 Å². The van der Waals surface area contributed by atoms with Crippen LogP contribution in [-0.2, 0) is 0 Å². The van der Waals surface area contributed by atoms with Crippen molar-refractivity contribution >= 4 is 26.7 Å². The summed E-state index contributed by atoms with van der Waals surface area (Å²) in [7, 11) is 0. The van der Waals surface area contributed by atoms with Crippen LogP contribution in [0.5, 0.6) is 0 Å². The van der Waals surface area contributed by atoms with Crippen LogP contribution in [0.25, 0.3) is 10.2 Å². The zero-order chi connectivity index (χ0) is 12.2. The van der Waals surface area contributed by atoms with Gasteiger partial charge in [0.2, 0.25) is 0 Å². The van der Waals surface area contributed by atoms with Crippen LogP contribution < -0.4 is 5.32 Å². The number of hydrogen-bond donors (Lipinski definition) is 1. The van der Waals surface area contributed by atoms with Crippen LogP contribution in [0.2, 0.25) is 0 Å². The molecule has 0 amide bonds. The Morgan fingerprint density at radius 2 is 1.72 bits per heavy atom. The molecule has 1 aliphatic rings. The Bertz CT molecular complexity index is 465. The van der Waals surface area contributed by atoms with Crippen LogP contribution >= 0.6 is 11.3 Å². The van der Waals surface area contributed by atoms with Gasteiger partial charge in [0.25, 0.3) is 0 Å². The summed E-state index contributed by atoms with van der Waals surface area (Å²) in [6, 6.07) is 9.01. The number of para-hydroxylation sites is 1. The SMILES string of the molecule is c1ccc2sc(NC3CCCCCCC3)nc2c1. The van der Waals surface area contributed by atoms with E-state index in [0.29, 0.717) is 6.04 Å². The number of nitrogens with zero attached hydrogens (tertiary/aromatic N) is 1. The number of rotatable bonds is 2. The van der Waals surface area contributed by atoms with Crippen molar-refractivity contribution in [1.29, 1.82) is 0 Å². The van der Waals surface area contributed by atoms with Gasteiger partial charge in [0.1, 0.15) is 0 Å². The average molecular weight is 260 g/mol. The largest absolute Gasteiger partial charge is 0.359 e. The van der Waals surface area contributed by atoms with Crippen molar-refractivity contribution in [3.05, 3.63) is 24.3 Å². The molecule has 0 atom stereocenters. The Kier molecular flexibility index (Phi) is 3.79. The molecular formula is C15H20N2S. The van der Waals surface area contributed by atoms with Gasteiger partial charge in [-0.05, 0) is 25.0 Å². The molecule has 3 heteroatoms. The van der Waals surface area contributed by atoms with E-state index in [4.69, 9.17) is 0 Å². The number of hydrogen-bond acceptors (Lipinski definition) is 3. The number of nitrogens with one attached hydrogen (secondary N) is 1. The van der Waals surface area contributed by atoms with Gasteiger partial charge >= 0.3 is 0 Å². The first-order chi connectivity index (χ1) is 8.92. The van der Waals surface area contributed by atoms with E-state index < -0.39 is 0 Å². The topological polar surface area (TPSA) is 24.9 Å². The average Bonchev–Trinajstić information content (AvgIpc) is 2.74. The molecule has 0 saturated heterocycles. The van der Waals surface area contributed by atoms with Gasteiger partial charge in [0.05, 0.1) is 10.2 Å². The summed E-state index contributed by atoms with van der Waals surface area (Å²) in [5.74, 6) is 0. The molecule has 3 rings (SSSR count). The summed E-state index contributed by atoms with van der Waals surface area (Å²) in [5, 5.41) is 4.74. The maximum atomic E-state index is 4.67. The summed E-state index contributed by atoms with van der Waals surface area (Å²) in [4.78, 5) is 4.67. The fourth-order valence-corrected chi connectivity index (χ4v) is 3.65. The van der Waals surface area contributed by atoms with Crippen molar-refractivity contribution in [2.45, 2.75) is 51.0 Å². The second-order valence-corrected chi connectivity index (χ2v) is 6.20. The standard InChI is InChI=1S/C15H20N2S/c1-2-4-8-12(9-5-3-1)16-15-17-13-10-6-7-11-14(13)18-15/h6-7,10-12H,1-5,8-9H2,(H,16,17). The molecule has 1 aromatic heterocycles. The number of aromatic nitrogens is 1. The van der Waals surface area contributed by atoms with Gasteiger partial charge in [-0.2, -0.15) is 0 Å². The number of benzene rings is 1. The highest BCUT2D eigenvalue weighted by Crippen LogP contribution is 2.28. The van der Waals surface area contributed by atoms with Crippen molar-refractivity contribution < 1.29 is 0 Å². The van der Waals surface area contributed by atoms with Crippen LogP contribution in [0, 0.1) is 0 Å². The first-order valence-electron chi connectivity index (χ1n) is 7.04. The van der Waals surface area contributed by atoms with Crippen LogP contribution in [0.4, 0.5) is 5.13 Å². The van der Waals surface area contributed by atoms with E-state index in [9.17, 15) is 0 Å². The maximum Gasteiger partial charge on any atom is 0.184 e. The van der Waals surface area contributed by atoms with Gasteiger partial charge < -0.3 is 5.32 Å². The van der Waals surface area contributed by atoms with Gasteiger partial charge in [0, 0.05) is 6.04 Å². The predicted molar refractivity (Wildman–Crippen MR) is 79.3 cm³/mol.